The average Bonchev–Trinajstić information content (AvgIpc) is 2.60. The Bertz CT molecular complexity index is 733. The van der Waals surface area contributed by atoms with Crippen molar-refractivity contribution in [3.05, 3.63) is 70.8 Å². The van der Waals surface area contributed by atoms with Crippen molar-refractivity contribution in [1.82, 2.24) is 0 Å². The largest absolute Gasteiger partial charge is 0.497 e. The Morgan fingerprint density at radius 1 is 1.04 bits per heavy atom. The Morgan fingerprint density at radius 3 is 2.25 bits per heavy atom. The van der Waals surface area contributed by atoms with Crippen LogP contribution in [0.5, 0.6) is 5.75 Å². The highest BCUT2D eigenvalue weighted by Crippen LogP contribution is 2.14. The Morgan fingerprint density at radius 2 is 1.67 bits per heavy atom. The molecule has 0 saturated carbocycles. The van der Waals surface area contributed by atoms with E-state index < -0.39 is 12.1 Å². The SMILES string of the molecule is COc1ccc(/C=C/C(=O)OC(C)C(=O)c2ccc(Cl)cc2)cc1. The fraction of sp³-hybridized carbons (Fsp3) is 0.158. The van der Waals surface area contributed by atoms with Crippen LogP contribution in [0.15, 0.2) is 54.6 Å². The summed E-state index contributed by atoms with van der Waals surface area (Å²) in [6.45, 7) is 1.54. The van der Waals surface area contributed by atoms with Crippen LogP contribution in [-0.4, -0.2) is 25.0 Å². The number of ketones is 1. The van der Waals surface area contributed by atoms with Gasteiger partial charge in [-0.05, 0) is 55.0 Å². The van der Waals surface area contributed by atoms with E-state index in [0.29, 0.717) is 10.6 Å². The first-order valence-corrected chi connectivity index (χ1v) is 7.70. The molecule has 2 aromatic rings. The zero-order valence-corrected chi connectivity index (χ0v) is 14.1. The molecule has 0 heterocycles. The van der Waals surface area contributed by atoms with Gasteiger partial charge in [0, 0.05) is 16.7 Å². The molecule has 1 atom stereocenters. The van der Waals surface area contributed by atoms with Gasteiger partial charge in [0.05, 0.1) is 7.11 Å². The first kappa shape index (κ1) is 17.8. The molecule has 0 aliphatic carbocycles. The molecule has 0 amide bonds. The molecule has 1 unspecified atom stereocenters. The fourth-order valence-electron chi connectivity index (χ4n) is 2.00. The van der Waals surface area contributed by atoms with E-state index in [1.54, 1.807) is 49.6 Å². The lowest BCUT2D eigenvalue weighted by Gasteiger charge is -2.10. The van der Waals surface area contributed by atoms with Gasteiger partial charge in [-0.25, -0.2) is 4.79 Å². The second-order valence-corrected chi connectivity index (χ2v) is 5.49. The van der Waals surface area contributed by atoms with E-state index in [-0.39, 0.29) is 5.78 Å². The summed E-state index contributed by atoms with van der Waals surface area (Å²) in [5.41, 5.74) is 1.27. The number of esters is 1. The molecular weight excluding hydrogens is 328 g/mol. The smallest absolute Gasteiger partial charge is 0.331 e. The molecule has 5 heteroatoms. The Kier molecular flexibility index (Phi) is 6.15. The second-order valence-electron chi connectivity index (χ2n) is 5.06. The second kappa shape index (κ2) is 8.31. The van der Waals surface area contributed by atoms with Crippen molar-refractivity contribution >= 4 is 29.4 Å². The van der Waals surface area contributed by atoms with Gasteiger partial charge in [0.25, 0.3) is 0 Å². The van der Waals surface area contributed by atoms with Crippen LogP contribution in [0.2, 0.25) is 5.02 Å². The molecule has 0 saturated heterocycles. The van der Waals surface area contributed by atoms with Crippen LogP contribution >= 0.6 is 11.6 Å². The monoisotopic (exact) mass is 344 g/mol. The number of hydrogen-bond acceptors (Lipinski definition) is 4. The number of rotatable bonds is 6. The van der Waals surface area contributed by atoms with Gasteiger partial charge in [-0.3, -0.25) is 4.79 Å². The predicted octanol–water partition coefficient (Wildman–Crippen LogP) is 4.18. The first-order valence-electron chi connectivity index (χ1n) is 7.32. The number of Topliss-reactive ketones (excluding diaryl/α,β-unsaturated/α-hetero) is 1. The minimum absolute atomic E-state index is 0.280. The number of methoxy groups -OCH3 is 1. The zero-order chi connectivity index (χ0) is 17.5. The minimum Gasteiger partial charge on any atom is -0.497 e. The molecule has 0 bridgehead atoms. The van der Waals surface area contributed by atoms with Crippen LogP contribution in [-0.2, 0) is 9.53 Å². The van der Waals surface area contributed by atoms with Gasteiger partial charge in [0.2, 0.25) is 5.78 Å². The quantitative estimate of drug-likeness (QED) is 0.448. The molecule has 0 N–H and O–H groups in total. The van der Waals surface area contributed by atoms with Crippen molar-refractivity contribution in [3.8, 4) is 5.75 Å². The number of carbonyl (C=O) groups excluding carboxylic acids is 2. The van der Waals surface area contributed by atoms with Crippen molar-refractivity contribution in [1.29, 1.82) is 0 Å². The summed E-state index contributed by atoms with van der Waals surface area (Å²) in [4.78, 5) is 24.0. The molecule has 0 spiro atoms. The Hall–Kier alpha value is -2.59. The van der Waals surface area contributed by atoms with Crippen LogP contribution in [0.1, 0.15) is 22.8 Å². The van der Waals surface area contributed by atoms with Crippen molar-refractivity contribution in [3.63, 3.8) is 0 Å². The highest BCUT2D eigenvalue weighted by atomic mass is 35.5. The molecular formula is C19H17ClO4. The van der Waals surface area contributed by atoms with Gasteiger partial charge in [-0.1, -0.05) is 23.7 Å². The molecule has 124 valence electrons. The van der Waals surface area contributed by atoms with Crippen LogP contribution in [0.4, 0.5) is 0 Å². The van der Waals surface area contributed by atoms with Crippen molar-refractivity contribution < 1.29 is 19.1 Å². The topological polar surface area (TPSA) is 52.6 Å². The number of hydrogen-bond donors (Lipinski definition) is 0. The van der Waals surface area contributed by atoms with Crippen LogP contribution in [0.25, 0.3) is 6.08 Å². The third-order valence-corrected chi connectivity index (χ3v) is 3.57. The molecule has 2 aromatic carbocycles. The maximum absolute atomic E-state index is 12.2. The molecule has 0 aliphatic rings. The lowest BCUT2D eigenvalue weighted by atomic mass is 10.1. The normalized spacial score (nSPS) is 12.0. The molecule has 0 aliphatic heterocycles. The number of carbonyl (C=O) groups is 2. The van der Waals surface area contributed by atoms with E-state index in [1.807, 2.05) is 12.1 Å². The van der Waals surface area contributed by atoms with Crippen molar-refractivity contribution in [2.75, 3.05) is 7.11 Å². The fourth-order valence-corrected chi connectivity index (χ4v) is 2.12. The molecule has 24 heavy (non-hydrogen) atoms. The van der Waals surface area contributed by atoms with E-state index in [4.69, 9.17) is 21.1 Å². The summed E-state index contributed by atoms with van der Waals surface area (Å²) in [5.74, 6) is -0.129. The van der Waals surface area contributed by atoms with E-state index in [2.05, 4.69) is 0 Å². The highest BCUT2D eigenvalue weighted by molar-refractivity contribution is 6.30. The van der Waals surface area contributed by atoms with Gasteiger partial charge in [0.1, 0.15) is 5.75 Å². The standard InChI is InChI=1S/C19H17ClO4/c1-13(19(22)15-6-8-16(20)9-7-15)24-18(21)12-5-14-3-10-17(23-2)11-4-14/h3-13H,1-2H3/b12-5+. The summed E-state index contributed by atoms with van der Waals surface area (Å²) in [6, 6.07) is 13.6. The van der Waals surface area contributed by atoms with E-state index in [1.165, 1.54) is 13.0 Å². The third kappa shape index (κ3) is 4.96. The maximum Gasteiger partial charge on any atom is 0.331 e. The third-order valence-electron chi connectivity index (χ3n) is 3.32. The van der Waals surface area contributed by atoms with Gasteiger partial charge >= 0.3 is 5.97 Å². The van der Waals surface area contributed by atoms with Gasteiger partial charge < -0.3 is 9.47 Å². The molecule has 0 fully saturated rings. The summed E-state index contributed by atoms with van der Waals surface area (Å²) < 4.78 is 10.2. The molecule has 0 aromatic heterocycles. The van der Waals surface area contributed by atoms with E-state index >= 15 is 0 Å². The lowest BCUT2D eigenvalue weighted by Crippen LogP contribution is -2.23. The van der Waals surface area contributed by atoms with Crippen LogP contribution < -0.4 is 4.74 Å². The first-order chi connectivity index (χ1) is 11.5. The zero-order valence-electron chi connectivity index (χ0n) is 13.4. The predicted molar refractivity (Wildman–Crippen MR) is 93.4 cm³/mol. The van der Waals surface area contributed by atoms with Crippen LogP contribution in [0.3, 0.4) is 0 Å². The van der Waals surface area contributed by atoms with Gasteiger partial charge in [-0.2, -0.15) is 0 Å². The lowest BCUT2D eigenvalue weighted by molar-refractivity contribution is -0.140. The Balaban J connectivity index is 1.93. The molecule has 2 rings (SSSR count). The van der Waals surface area contributed by atoms with Gasteiger partial charge in [0.15, 0.2) is 6.10 Å². The average molecular weight is 345 g/mol. The van der Waals surface area contributed by atoms with Crippen LogP contribution in [0, 0.1) is 0 Å². The highest BCUT2D eigenvalue weighted by Gasteiger charge is 2.18. The number of benzene rings is 2. The summed E-state index contributed by atoms with van der Waals surface area (Å²) in [7, 11) is 1.58. The summed E-state index contributed by atoms with van der Waals surface area (Å²) in [6.07, 6.45) is 2.02. The van der Waals surface area contributed by atoms with Crippen molar-refractivity contribution in [2.24, 2.45) is 0 Å². The Labute approximate surface area is 145 Å². The number of halogens is 1. The molecule has 4 nitrogen and oxygen atoms in total. The van der Waals surface area contributed by atoms with Gasteiger partial charge in [-0.15, -0.1) is 0 Å². The maximum atomic E-state index is 12.2. The summed E-state index contributed by atoms with van der Waals surface area (Å²) >= 11 is 5.79. The van der Waals surface area contributed by atoms with Crippen molar-refractivity contribution in [2.45, 2.75) is 13.0 Å². The minimum atomic E-state index is -0.876. The number of ether oxygens (including phenoxy) is 2. The molecule has 0 radical (unpaired) electrons. The van der Waals surface area contributed by atoms with E-state index in [9.17, 15) is 9.59 Å². The summed E-state index contributed by atoms with van der Waals surface area (Å²) in [5, 5.41) is 0.540. The van der Waals surface area contributed by atoms with E-state index in [0.717, 1.165) is 11.3 Å².